The molecule has 0 bridgehead atoms. The predicted octanol–water partition coefficient (Wildman–Crippen LogP) is 3.01. The highest BCUT2D eigenvalue weighted by atomic mass is 16.5. The van der Waals surface area contributed by atoms with Gasteiger partial charge < -0.3 is 18.6 Å². The van der Waals surface area contributed by atoms with Gasteiger partial charge in [0.2, 0.25) is 5.89 Å². The molecule has 0 aliphatic heterocycles. The van der Waals surface area contributed by atoms with Gasteiger partial charge in [0.1, 0.15) is 5.75 Å². The molecule has 0 atom stereocenters. The summed E-state index contributed by atoms with van der Waals surface area (Å²) in [5, 5.41) is 10.3. The van der Waals surface area contributed by atoms with Crippen LogP contribution in [0, 0.1) is 0 Å². The van der Waals surface area contributed by atoms with Crippen molar-refractivity contribution in [2.45, 2.75) is 0 Å². The maximum atomic E-state index is 12.4. The zero-order valence-electron chi connectivity index (χ0n) is 14.5. The van der Waals surface area contributed by atoms with Gasteiger partial charge in [0.15, 0.2) is 11.5 Å². The lowest BCUT2D eigenvalue weighted by atomic mass is 10.2. The first-order valence-corrected chi connectivity index (χ1v) is 7.66. The Bertz CT molecular complexity index is 923. The number of hydrogen-bond acceptors (Lipinski definition) is 7. The quantitative estimate of drug-likeness (QED) is 0.726. The van der Waals surface area contributed by atoms with Crippen LogP contribution in [0.2, 0.25) is 0 Å². The molecule has 0 saturated carbocycles. The molecule has 2 aromatic carbocycles. The Labute approximate surface area is 149 Å². The summed E-state index contributed by atoms with van der Waals surface area (Å²) in [7, 11) is 4.59. The number of carbonyl (C=O) groups excluding carboxylic acids is 1. The maximum Gasteiger partial charge on any atom is 0.322 e. The number of nitrogens with zero attached hydrogens (tertiary/aromatic N) is 2. The van der Waals surface area contributed by atoms with Crippen LogP contribution < -0.4 is 19.5 Å². The van der Waals surface area contributed by atoms with Gasteiger partial charge in [0.05, 0.1) is 21.3 Å². The SMILES string of the molecule is COc1cccc(-c2nnc(NC(=O)c3ccc(OC)c(OC)c3)o2)c1. The Balaban J connectivity index is 1.77. The number of nitrogens with one attached hydrogen (secondary N) is 1. The van der Waals surface area contributed by atoms with E-state index in [0.29, 0.717) is 28.4 Å². The normalized spacial score (nSPS) is 10.3. The molecule has 0 unspecified atom stereocenters. The molecule has 0 fully saturated rings. The number of aromatic nitrogens is 2. The molecule has 8 nitrogen and oxygen atoms in total. The first-order chi connectivity index (χ1) is 12.6. The highest BCUT2D eigenvalue weighted by Crippen LogP contribution is 2.28. The Morgan fingerprint density at radius 1 is 0.962 bits per heavy atom. The van der Waals surface area contributed by atoms with Gasteiger partial charge in [-0.25, -0.2) is 0 Å². The molecule has 3 aromatic rings. The molecule has 0 radical (unpaired) electrons. The molecule has 26 heavy (non-hydrogen) atoms. The first kappa shape index (κ1) is 17.3. The van der Waals surface area contributed by atoms with E-state index in [1.54, 1.807) is 49.6 Å². The van der Waals surface area contributed by atoms with E-state index in [4.69, 9.17) is 18.6 Å². The van der Waals surface area contributed by atoms with E-state index in [-0.39, 0.29) is 11.9 Å². The van der Waals surface area contributed by atoms with Gasteiger partial charge in [-0.15, -0.1) is 5.10 Å². The Morgan fingerprint density at radius 3 is 2.50 bits per heavy atom. The van der Waals surface area contributed by atoms with Crippen LogP contribution in [0.5, 0.6) is 17.2 Å². The van der Waals surface area contributed by atoms with Crippen molar-refractivity contribution in [1.82, 2.24) is 10.2 Å². The van der Waals surface area contributed by atoms with Crippen molar-refractivity contribution in [3.05, 3.63) is 48.0 Å². The molecule has 3 rings (SSSR count). The average Bonchev–Trinajstić information content (AvgIpc) is 3.15. The molecule has 0 spiro atoms. The minimum absolute atomic E-state index is 0.0115. The fraction of sp³-hybridized carbons (Fsp3) is 0.167. The van der Waals surface area contributed by atoms with E-state index < -0.39 is 5.91 Å². The average molecular weight is 355 g/mol. The lowest BCUT2D eigenvalue weighted by Gasteiger charge is -2.08. The number of methoxy groups -OCH3 is 3. The Hall–Kier alpha value is -3.55. The summed E-state index contributed by atoms with van der Waals surface area (Å²) in [6, 6.07) is 12.0. The second kappa shape index (κ2) is 7.56. The summed E-state index contributed by atoms with van der Waals surface area (Å²) in [6.07, 6.45) is 0. The molecule has 0 aliphatic rings. The zero-order chi connectivity index (χ0) is 18.5. The van der Waals surface area contributed by atoms with Crippen molar-refractivity contribution >= 4 is 11.9 Å². The van der Waals surface area contributed by atoms with Gasteiger partial charge in [-0.1, -0.05) is 11.2 Å². The fourth-order valence-electron chi connectivity index (χ4n) is 2.29. The number of carbonyl (C=O) groups is 1. The smallest absolute Gasteiger partial charge is 0.322 e. The van der Waals surface area contributed by atoms with E-state index >= 15 is 0 Å². The second-order valence-corrected chi connectivity index (χ2v) is 5.17. The fourth-order valence-corrected chi connectivity index (χ4v) is 2.29. The van der Waals surface area contributed by atoms with Gasteiger partial charge in [-0.05, 0) is 36.4 Å². The number of rotatable bonds is 6. The van der Waals surface area contributed by atoms with E-state index in [1.807, 2.05) is 0 Å². The van der Waals surface area contributed by atoms with Gasteiger partial charge in [0.25, 0.3) is 5.91 Å². The van der Waals surface area contributed by atoms with Crippen LogP contribution in [0.25, 0.3) is 11.5 Å². The third-order valence-electron chi connectivity index (χ3n) is 3.61. The molecule has 0 saturated heterocycles. The van der Waals surface area contributed by atoms with Crippen LogP contribution in [-0.4, -0.2) is 37.4 Å². The number of amides is 1. The standard InChI is InChI=1S/C18H17N3O5/c1-23-13-6-4-5-12(9-13)17-20-21-18(26-17)19-16(22)11-7-8-14(24-2)15(10-11)25-3/h4-10H,1-3H3,(H,19,21,22). The van der Waals surface area contributed by atoms with Crippen LogP contribution in [0.15, 0.2) is 46.9 Å². The highest BCUT2D eigenvalue weighted by molar-refractivity contribution is 6.03. The third-order valence-corrected chi connectivity index (χ3v) is 3.61. The van der Waals surface area contributed by atoms with Crippen LogP contribution >= 0.6 is 0 Å². The summed E-state index contributed by atoms with van der Waals surface area (Å²) in [4.78, 5) is 12.4. The van der Waals surface area contributed by atoms with Crippen molar-refractivity contribution in [2.75, 3.05) is 26.6 Å². The second-order valence-electron chi connectivity index (χ2n) is 5.17. The van der Waals surface area contributed by atoms with Gasteiger partial charge in [-0.3, -0.25) is 10.1 Å². The molecular weight excluding hydrogens is 338 g/mol. The summed E-state index contributed by atoms with van der Waals surface area (Å²) >= 11 is 0. The van der Waals surface area contributed by atoms with Gasteiger partial charge in [0, 0.05) is 11.1 Å². The highest BCUT2D eigenvalue weighted by Gasteiger charge is 2.15. The van der Waals surface area contributed by atoms with Gasteiger partial charge in [-0.2, -0.15) is 0 Å². The monoisotopic (exact) mass is 355 g/mol. The molecule has 134 valence electrons. The van der Waals surface area contributed by atoms with E-state index in [1.165, 1.54) is 14.2 Å². The lowest BCUT2D eigenvalue weighted by Crippen LogP contribution is -2.12. The molecular formula is C18H17N3O5. The number of ether oxygens (including phenoxy) is 3. The van der Waals surface area contributed by atoms with Crippen molar-refractivity contribution in [3.63, 3.8) is 0 Å². The third kappa shape index (κ3) is 3.59. The maximum absolute atomic E-state index is 12.4. The van der Waals surface area contributed by atoms with Gasteiger partial charge >= 0.3 is 6.01 Å². The van der Waals surface area contributed by atoms with Crippen molar-refractivity contribution in [1.29, 1.82) is 0 Å². The zero-order valence-corrected chi connectivity index (χ0v) is 14.5. The molecule has 1 aromatic heterocycles. The van der Waals surface area contributed by atoms with E-state index in [2.05, 4.69) is 15.5 Å². The van der Waals surface area contributed by atoms with Crippen molar-refractivity contribution < 1.29 is 23.4 Å². The summed E-state index contributed by atoms with van der Waals surface area (Å²) < 4.78 is 21.0. The van der Waals surface area contributed by atoms with Crippen LogP contribution in [0.4, 0.5) is 6.01 Å². The van der Waals surface area contributed by atoms with Crippen LogP contribution in [0.3, 0.4) is 0 Å². The largest absolute Gasteiger partial charge is 0.497 e. The van der Waals surface area contributed by atoms with Crippen molar-refractivity contribution in [3.8, 4) is 28.7 Å². The summed E-state index contributed by atoms with van der Waals surface area (Å²) in [5.41, 5.74) is 1.05. The molecule has 8 heteroatoms. The lowest BCUT2D eigenvalue weighted by molar-refractivity contribution is 0.102. The van der Waals surface area contributed by atoms with Crippen LogP contribution in [-0.2, 0) is 0 Å². The molecule has 1 heterocycles. The van der Waals surface area contributed by atoms with Crippen LogP contribution in [0.1, 0.15) is 10.4 Å². The predicted molar refractivity (Wildman–Crippen MR) is 93.8 cm³/mol. The molecule has 0 aliphatic carbocycles. The summed E-state index contributed by atoms with van der Waals surface area (Å²) in [6.45, 7) is 0. The minimum Gasteiger partial charge on any atom is -0.497 e. The Morgan fingerprint density at radius 2 is 1.77 bits per heavy atom. The summed E-state index contributed by atoms with van der Waals surface area (Å²) in [5.74, 6) is 1.50. The molecule has 1 amide bonds. The van der Waals surface area contributed by atoms with E-state index in [9.17, 15) is 4.79 Å². The molecule has 1 N–H and O–H groups in total. The topological polar surface area (TPSA) is 95.7 Å². The first-order valence-electron chi connectivity index (χ1n) is 7.66. The number of benzene rings is 2. The van der Waals surface area contributed by atoms with E-state index in [0.717, 1.165) is 0 Å². The Kier molecular flexibility index (Phi) is 5.02. The van der Waals surface area contributed by atoms with Crippen molar-refractivity contribution in [2.24, 2.45) is 0 Å². The number of hydrogen-bond donors (Lipinski definition) is 1. The number of anilines is 1. The minimum atomic E-state index is -0.410.